The molecule has 0 atom stereocenters. The highest BCUT2D eigenvalue weighted by atomic mass is 16.5. The topological polar surface area (TPSA) is 372 Å². The van der Waals surface area contributed by atoms with Crippen molar-refractivity contribution in [2.24, 2.45) is 0 Å². The van der Waals surface area contributed by atoms with Gasteiger partial charge < -0.3 is 67.3 Å². The molecule has 2 aliphatic rings. The molecule has 0 saturated carbocycles. The Morgan fingerprint density at radius 1 is 0.370 bits per heavy atom. The number of carbonyl (C=O) groups is 11. The summed E-state index contributed by atoms with van der Waals surface area (Å²) < 4.78 is 10.8. The molecule has 0 radical (unpaired) electrons. The zero-order chi connectivity index (χ0) is 90.2. The average molecular weight is 1640 g/mol. The van der Waals surface area contributed by atoms with Crippen molar-refractivity contribution in [1.82, 2.24) is 67.8 Å². The molecule has 0 aliphatic carbocycles. The van der Waals surface area contributed by atoms with Crippen molar-refractivity contribution < 1.29 is 62.2 Å². The predicted molar refractivity (Wildman–Crippen MR) is 471 cm³/mol. The van der Waals surface area contributed by atoms with Gasteiger partial charge in [0.15, 0.2) is 0 Å². The SMILES string of the molecule is COC(=O)CCC1=C(C)c2nc1c(C)c1[nH]c(c(C)c3nc(c(C)c4[nH]c(c2C)c(C)c4C(C)=C(C)C)C(C)=C3C(C)=C(C)C)c(C)c1CCC(=O)NC(C)(C)C(=O)NC(C)(C)C(=O)NC(C)(C)C(=O)NC(C)(C)C(=O)NC(C)(C)C(=O)NC(C)(C)C(=O)NC(C)(C)C(=O)NC(C)(C)C(=O)NC(C)(C)C(=O)OCCc1cccc2ccccc12. The van der Waals surface area contributed by atoms with Crippen LogP contribution >= 0.6 is 0 Å². The number of esters is 2. The largest absolute Gasteiger partial charge is 0.469 e. The summed E-state index contributed by atoms with van der Waals surface area (Å²) in [5.74, 6) is -7.85. The summed E-state index contributed by atoms with van der Waals surface area (Å²) in [5, 5.41) is 26.3. The number of nitrogens with zero attached hydrogens (tertiary/aromatic N) is 2. The number of aryl methyl sites for hydroxylation is 7. The molecule has 9 amide bonds. The lowest BCUT2D eigenvalue weighted by Gasteiger charge is -2.38. The molecule has 644 valence electrons. The Hall–Kier alpha value is -11.1. The fraction of sp³-hybridized carbons (Fsp3) is 0.516. The third-order valence-corrected chi connectivity index (χ3v) is 23.1. The molecule has 2 aromatic carbocycles. The number of benzene rings is 2. The van der Waals surface area contributed by atoms with Gasteiger partial charge in [-0.15, -0.1) is 0 Å². The maximum absolute atomic E-state index is 14.5. The van der Waals surface area contributed by atoms with Crippen molar-refractivity contribution in [3.8, 4) is 0 Å². The van der Waals surface area contributed by atoms with Crippen molar-refractivity contribution in [1.29, 1.82) is 0 Å². The molecule has 0 unspecified atom stereocenters. The maximum atomic E-state index is 14.5. The van der Waals surface area contributed by atoms with Gasteiger partial charge in [-0.1, -0.05) is 53.6 Å². The van der Waals surface area contributed by atoms with E-state index in [0.717, 1.165) is 139 Å². The van der Waals surface area contributed by atoms with E-state index >= 15 is 0 Å². The number of methoxy groups -OCH3 is 1. The molecule has 26 nitrogen and oxygen atoms in total. The molecule has 11 N–H and O–H groups in total. The summed E-state index contributed by atoms with van der Waals surface area (Å²) in [7, 11) is 1.37. The van der Waals surface area contributed by atoms with E-state index in [9.17, 15) is 52.7 Å². The van der Waals surface area contributed by atoms with Gasteiger partial charge in [0.25, 0.3) is 0 Å². The first-order chi connectivity index (χ1) is 54.5. The Kier molecular flexibility index (Phi) is 28.0. The van der Waals surface area contributed by atoms with E-state index in [1.165, 1.54) is 137 Å². The lowest BCUT2D eigenvalue weighted by molar-refractivity contribution is -0.153. The Morgan fingerprint density at radius 3 is 1.18 bits per heavy atom. The van der Waals surface area contributed by atoms with Crippen LogP contribution in [0.15, 0.2) is 59.2 Å². The van der Waals surface area contributed by atoms with Crippen LogP contribution in [0.1, 0.15) is 272 Å². The Balaban J connectivity index is 1.01. The number of nitrogens with one attached hydrogen (secondary N) is 11. The minimum absolute atomic E-state index is 0.0525. The third-order valence-electron chi connectivity index (χ3n) is 23.1. The second kappa shape index (κ2) is 35.1. The van der Waals surface area contributed by atoms with Crippen LogP contribution in [-0.2, 0) is 75.1 Å². The van der Waals surface area contributed by atoms with E-state index in [2.05, 4.69) is 134 Å². The number of carbonyl (C=O) groups excluding carboxylic acids is 11. The maximum Gasteiger partial charge on any atom is 0.331 e. The number of rotatable bonds is 29. The summed E-state index contributed by atoms with van der Waals surface area (Å²) in [6, 6.07) is 13.7. The summed E-state index contributed by atoms with van der Waals surface area (Å²) >= 11 is 0. The van der Waals surface area contributed by atoms with Crippen LogP contribution < -0.4 is 47.9 Å². The molecule has 2 aliphatic heterocycles. The molecule has 3 aromatic heterocycles. The number of ether oxygens (including phenoxy) is 2. The van der Waals surface area contributed by atoms with E-state index < -0.39 is 109 Å². The van der Waals surface area contributed by atoms with Gasteiger partial charge in [0.05, 0.1) is 42.0 Å². The van der Waals surface area contributed by atoms with Crippen LogP contribution in [0.25, 0.3) is 60.7 Å². The summed E-state index contributed by atoms with van der Waals surface area (Å²) in [4.78, 5) is 172. The molecule has 7 rings (SSSR count). The summed E-state index contributed by atoms with van der Waals surface area (Å²) in [5.41, 5.74) is 8.36. The van der Waals surface area contributed by atoms with Crippen molar-refractivity contribution >= 4 is 126 Å². The molecular weight excluding hydrogens is 1510 g/mol. The first-order valence-corrected chi connectivity index (χ1v) is 40.6. The van der Waals surface area contributed by atoms with Gasteiger partial charge in [-0.25, -0.2) is 14.8 Å². The number of allylic oxidation sites excluding steroid dienone is 8. The van der Waals surface area contributed by atoms with Crippen molar-refractivity contribution in [3.63, 3.8) is 0 Å². The minimum atomic E-state index is -1.75. The van der Waals surface area contributed by atoms with E-state index in [1.54, 1.807) is 0 Å². The Bertz CT molecular complexity index is 5340. The first-order valence-electron chi connectivity index (χ1n) is 40.6. The van der Waals surface area contributed by atoms with Crippen LogP contribution in [0, 0.1) is 41.5 Å². The van der Waals surface area contributed by atoms with Gasteiger partial charge in [0.1, 0.15) is 49.9 Å². The molecule has 0 saturated heterocycles. The standard InChI is InChI=1S/C93H129N13O13/c1-47(2)49(5)66-53(9)70-55(11)68-52(8)62(42-44-65(108)118-33)73(94-68)58(14)72-61(51(7)69(95-72)56(12)74-67(50(6)48(3)4)54(10)71(97-74)57(13)75(66)96-70)41-43-64(107)98-85(15,16)76(109)99-86(17,18)77(110)100-87(19,20)78(111)101-88(21,22)79(112)102-89(23,24)80(113)103-90(25,26)81(114)104-91(27,28)82(115)105-92(29,30)83(116)106-93(31,32)84(117)119-46-45-60-39-36-38-59-37-34-35-40-63(59)60/h34-40,95-96H,41-46H2,1-33H3,(H,98,107)(H,99,109)(H,100,110)(H,101,111)(H,102,112)(H,103,113)(H,104,114)(H,105,115)(H,106,116). The lowest BCUT2D eigenvalue weighted by Crippen LogP contribution is -2.70. The predicted octanol–water partition coefficient (Wildman–Crippen LogP) is 13.1. The molecule has 0 fully saturated rings. The number of aromatic nitrogens is 4. The highest BCUT2D eigenvalue weighted by molar-refractivity contribution is 6.06. The number of H-pyrrole nitrogens is 2. The monoisotopic (exact) mass is 1640 g/mol. The molecule has 8 bridgehead atoms. The first kappa shape index (κ1) is 95.1. The van der Waals surface area contributed by atoms with E-state index in [-0.39, 0.29) is 31.8 Å². The second-order valence-corrected chi connectivity index (χ2v) is 37.2. The normalized spacial score (nSPS) is 13.1. The van der Waals surface area contributed by atoms with Crippen LogP contribution in [0.4, 0.5) is 0 Å². The number of fused-ring (bicyclic) bond motifs is 9. The molecule has 0 spiro atoms. The fourth-order valence-electron chi connectivity index (χ4n) is 14.5. The quantitative estimate of drug-likeness (QED) is 0.0198. The smallest absolute Gasteiger partial charge is 0.331 e. The molecule has 5 heterocycles. The van der Waals surface area contributed by atoms with Crippen LogP contribution in [-0.4, -0.2) is 149 Å². The van der Waals surface area contributed by atoms with E-state index in [0.29, 0.717) is 18.5 Å². The highest BCUT2D eigenvalue weighted by Crippen LogP contribution is 2.44. The summed E-state index contributed by atoms with van der Waals surface area (Å²) in [6.07, 6.45) is 1.00. The van der Waals surface area contributed by atoms with E-state index in [1.807, 2.05) is 63.2 Å². The average Bonchev–Trinajstić information content (AvgIpc) is 1.59. The second-order valence-electron chi connectivity index (χ2n) is 37.2. The van der Waals surface area contributed by atoms with E-state index in [4.69, 9.17) is 19.4 Å². The van der Waals surface area contributed by atoms with Crippen molar-refractivity contribution in [3.05, 3.63) is 132 Å². The van der Waals surface area contributed by atoms with Gasteiger partial charge in [0, 0.05) is 46.9 Å². The molecular formula is C93H129N13O13. The number of amides is 9. The Labute approximate surface area is 701 Å². The van der Waals surface area contributed by atoms with Crippen LogP contribution in [0.3, 0.4) is 0 Å². The molecule has 119 heavy (non-hydrogen) atoms. The number of aromatic amines is 2. The van der Waals surface area contributed by atoms with Crippen molar-refractivity contribution in [2.45, 2.75) is 304 Å². The zero-order valence-electron chi connectivity index (χ0n) is 76.5. The van der Waals surface area contributed by atoms with Gasteiger partial charge in [-0.05, 0) is 318 Å². The van der Waals surface area contributed by atoms with Gasteiger partial charge in [0.2, 0.25) is 53.2 Å². The molecule has 5 aromatic rings. The van der Waals surface area contributed by atoms with Crippen LogP contribution in [0.2, 0.25) is 0 Å². The Morgan fingerprint density at radius 2 is 0.739 bits per heavy atom. The van der Waals surface area contributed by atoms with Crippen LogP contribution in [0.5, 0.6) is 0 Å². The lowest BCUT2D eigenvalue weighted by atomic mass is 9.92. The number of hydrogen-bond acceptors (Lipinski definition) is 15. The zero-order valence-corrected chi connectivity index (χ0v) is 76.5. The van der Waals surface area contributed by atoms with Gasteiger partial charge in [-0.2, -0.15) is 0 Å². The molecule has 26 heteroatoms. The summed E-state index contributed by atoms with van der Waals surface area (Å²) in [6.45, 7) is 55.0. The highest BCUT2D eigenvalue weighted by Gasteiger charge is 2.47. The third kappa shape index (κ3) is 20.6. The number of hydrogen-bond donors (Lipinski definition) is 11. The van der Waals surface area contributed by atoms with Gasteiger partial charge >= 0.3 is 11.9 Å². The van der Waals surface area contributed by atoms with Gasteiger partial charge in [-0.3, -0.25) is 47.9 Å². The van der Waals surface area contributed by atoms with Crippen molar-refractivity contribution in [2.75, 3.05) is 13.7 Å². The minimum Gasteiger partial charge on any atom is -0.469 e. The fourth-order valence-corrected chi connectivity index (χ4v) is 14.5.